The van der Waals surface area contributed by atoms with Gasteiger partial charge in [0, 0.05) is 29.7 Å². The second kappa shape index (κ2) is 6.07. The molecule has 1 aliphatic carbocycles. The number of hydrogen-bond donors (Lipinski definition) is 1. The lowest BCUT2D eigenvalue weighted by atomic mass is 9.90. The standard InChI is InChI=1S/C17H23N3O2S/c1-17(10-11-18-20-17)15-12-14(23(2,21)22)8-9-16(15)19-13-6-4-3-5-7-13/h8-13,19H,3-7H2,1-2H3. The van der Waals surface area contributed by atoms with E-state index < -0.39 is 15.4 Å². The third kappa shape index (κ3) is 3.47. The second-order valence-corrected chi connectivity index (χ2v) is 8.65. The normalized spacial score (nSPS) is 25.0. The van der Waals surface area contributed by atoms with Gasteiger partial charge in [-0.25, -0.2) is 8.42 Å². The Balaban J connectivity index is 2.00. The largest absolute Gasteiger partial charge is 0.382 e. The number of azo groups is 1. The molecule has 1 N–H and O–H groups in total. The third-order valence-electron chi connectivity index (χ3n) is 4.66. The molecule has 1 aromatic carbocycles. The van der Waals surface area contributed by atoms with Crippen LogP contribution in [0.3, 0.4) is 0 Å². The van der Waals surface area contributed by atoms with E-state index in [-0.39, 0.29) is 0 Å². The molecule has 1 saturated carbocycles. The smallest absolute Gasteiger partial charge is 0.175 e. The van der Waals surface area contributed by atoms with Gasteiger partial charge in [0.1, 0.15) is 5.54 Å². The summed E-state index contributed by atoms with van der Waals surface area (Å²) in [6.07, 6.45) is 10.9. The Morgan fingerprint density at radius 1 is 1.22 bits per heavy atom. The molecule has 23 heavy (non-hydrogen) atoms. The fraction of sp³-hybridized carbons (Fsp3) is 0.529. The summed E-state index contributed by atoms with van der Waals surface area (Å²) in [6.45, 7) is 1.95. The minimum absolute atomic E-state index is 0.318. The minimum atomic E-state index is -3.26. The first-order valence-electron chi connectivity index (χ1n) is 8.09. The summed E-state index contributed by atoms with van der Waals surface area (Å²) in [5.41, 5.74) is 1.21. The Kier molecular flexibility index (Phi) is 4.27. The zero-order valence-electron chi connectivity index (χ0n) is 13.6. The highest BCUT2D eigenvalue weighted by atomic mass is 32.2. The first-order valence-corrected chi connectivity index (χ1v) is 9.98. The molecule has 3 rings (SSSR count). The van der Waals surface area contributed by atoms with Crippen molar-refractivity contribution >= 4 is 15.5 Å². The van der Waals surface area contributed by atoms with Gasteiger partial charge in [0.2, 0.25) is 0 Å². The third-order valence-corrected chi connectivity index (χ3v) is 5.77. The molecule has 6 heteroatoms. The molecule has 1 fully saturated rings. The van der Waals surface area contributed by atoms with Crippen LogP contribution in [-0.4, -0.2) is 20.7 Å². The highest BCUT2D eigenvalue weighted by Crippen LogP contribution is 2.38. The zero-order valence-corrected chi connectivity index (χ0v) is 14.4. The lowest BCUT2D eigenvalue weighted by molar-refractivity contribution is 0.461. The number of rotatable bonds is 4. The molecule has 0 spiro atoms. The highest BCUT2D eigenvalue weighted by molar-refractivity contribution is 7.90. The second-order valence-electron chi connectivity index (χ2n) is 6.64. The van der Waals surface area contributed by atoms with Gasteiger partial charge in [-0.2, -0.15) is 10.2 Å². The van der Waals surface area contributed by atoms with Crippen LogP contribution in [-0.2, 0) is 15.4 Å². The van der Waals surface area contributed by atoms with Crippen LogP contribution in [0.2, 0.25) is 0 Å². The van der Waals surface area contributed by atoms with Gasteiger partial charge in [-0.3, -0.25) is 0 Å². The lowest BCUT2D eigenvalue weighted by Gasteiger charge is -2.28. The molecular weight excluding hydrogens is 310 g/mol. The maximum atomic E-state index is 11.9. The monoisotopic (exact) mass is 333 g/mol. The van der Waals surface area contributed by atoms with Crippen molar-refractivity contribution in [3.8, 4) is 0 Å². The summed E-state index contributed by atoms with van der Waals surface area (Å²) >= 11 is 0. The summed E-state index contributed by atoms with van der Waals surface area (Å²) < 4.78 is 23.8. The van der Waals surface area contributed by atoms with Crippen LogP contribution in [0.1, 0.15) is 44.6 Å². The van der Waals surface area contributed by atoms with Gasteiger partial charge in [-0.1, -0.05) is 19.3 Å². The minimum Gasteiger partial charge on any atom is -0.382 e. The van der Waals surface area contributed by atoms with E-state index in [9.17, 15) is 8.42 Å². The van der Waals surface area contributed by atoms with E-state index in [0.29, 0.717) is 10.9 Å². The highest BCUT2D eigenvalue weighted by Gasteiger charge is 2.30. The number of hydrogen-bond acceptors (Lipinski definition) is 5. The first kappa shape index (κ1) is 16.2. The quantitative estimate of drug-likeness (QED) is 0.904. The number of sulfone groups is 1. The van der Waals surface area contributed by atoms with E-state index in [1.54, 1.807) is 18.3 Å². The van der Waals surface area contributed by atoms with Crippen molar-refractivity contribution in [1.82, 2.24) is 0 Å². The molecule has 0 amide bonds. The molecule has 0 saturated heterocycles. The van der Waals surface area contributed by atoms with Crippen molar-refractivity contribution in [2.45, 2.75) is 55.5 Å². The molecular formula is C17H23N3O2S. The Morgan fingerprint density at radius 3 is 2.57 bits per heavy atom. The Bertz CT molecular complexity index is 735. The van der Waals surface area contributed by atoms with Crippen LogP contribution in [0.25, 0.3) is 0 Å². The molecule has 1 aromatic rings. The van der Waals surface area contributed by atoms with Crippen molar-refractivity contribution in [2.75, 3.05) is 11.6 Å². The van der Waals surface area contributed by atoms with Gasteiger partial charge in [-0.15, -0.1) is 0 Å². The van der Waals surface area contributed by atoms with Gasteiger partial charge in [-0.05, 0) is 44.0 Å². The van der Waals surface area contributed by atoms with Crippen molar-refractivity contribution in [2.24, 2.45) is 10.2 Å². The average Bonchev–Trinajstić information content (AvgIpc) is 2.95. The number of benzene rings is 1. The molecule has 1 aliphatic heterocycles. The molecule has 5 nitrogen and oxygen atoms in total. The van der Waals surface area contributed by atoms with E-state index in [1.165, 1.54) is 25.5 Å². The van der Waals surface area contributed by atoms with Gasteiger partial charge in [0.15, 0.2) is 9.84 Å². The number of nitrogens with one attached hydrogen (secondary N) is 1. The summed E-state index contributed by atoms with van der Waals surface area (Å²) in [6, 6.07) is 5.71. The van der Waals surface area contributed by atoms with Crippen molar-refractivity contribution < 1.29 is 8.42 Å². The van der Waals surface area contributed by atoms with Gasteiger partial charge in [0.05, 0.1) is 4.90 Å². The summed E-state index contributed by atoms with van der Waals surface area (Å²) in [5, 5.41) is 11.9. The Labute approximate surface area is 137 Å². The molecule has 0 radical (unpaired) electrons. The fourth-order valence-electron chi connectivity index (χ4n) is 3.27. The van der Waals surface area contributed by atoms with Gasteiger partial charge >= 0.3 is 0 Å². The van der Waals surface area contributed by atoms with Crippen LogP contribution < -0.4 is 5.32 Å². The molecule has 2 aliphatic rings. The first-order chi connectivity index (χ1) is 10.9. The maximum Gasteiger partial charge on any atom is 0.175 e. The Morgan fingerprint density at radius 2 is 1.96 bits per heavy atom. The van der Waals surface area contributed by atoms with Crippen LogP contribution in [0.5, 0.6) is 0 Å². The molecule has 1 atom stereocenters. The number of nitrogens with zero attached hydrogens (tertiary/aromatic N) is 2. The van der Waals surface area contributed by atoms with E-state index >= 15 is 0 Å². The summed E-state index contributed by atoms with van der Waals surface area (Å²) in [5.74, 6) is 0. The van der Waals surface area contributed by atoms with Crippen LogP contribution in [0.15, 0.2) is 45.6 Å². The fourth-order valence-corrected chi connectivity index (χ4v) is 3.92. The molecule has 0 aromatic heterocycles. The molecule has 1 unspecified atom stereocenters. The van der Waals surface area contributed by atoms with Crippen molar-refractivity contribution in [1.29, 1.82) is 0 Å². The van der Waals surface area contributed by atoms with Crippen molar-refractivity contribution in [3.63, 3.8) is 0 Å². The van der Waals surface area contributed by atoms with Crippen LogP contribution >= 0.6 is 0 Å². The predicted molar refractivity (Wildman–Crippen MR) is 91.4 cm³/mol. The molecule has 1 heterocycles. The SMILES string of the molecule is CC1(c2cc(S(C)(=O)=O)ccc2NC2CCCCC2)C=CN=N1. The lowest BCUT2D eigenvalue weighted by Crippen LogP contribution is -2.25. The van der Waals surface area contributed by atoms with E-state index in [1.807, 2.05) is 19.1 Å². The van der Waals surface area contributed by atoms with E-state index in [2.05, 4.69) is 15.5 Å². The number of anilines is 1. The summed E-state index contributed by atoms with van der Waals surface area (Å²) in [4.78, 5) is 0.318. The molecule has 0 bridgehead atoms. The predicted octanol–water partition coefficient (Wildman–Crippen LogP) is 4.03. The zero-order chi connectivity index (χ0) is 16.5. The van der Waals surface area contributed by atoms with E-state index in [0.717, 1.165) is 24.1 Å². The average molecular weight is 333 g/mol. The van der Waals surface area contributed by atoms with Crippen LogP contribution in [0.4, 0.5) is 5.69 Å². The van der Waals surface area contributed by atoms with Crippen LogP contribution in [0, 0.1) is 0 Å². The summed E-state index contributed by atoms with van der Waals surface area (Å²) in [7, 11) is -3.26. The topological polar surface area (TPSA) is 70.9 Å². The van der Waals surface area contributed by atoms with Gasteiger partial charge in [0.25, 0.3) is 0 Å². The maximum absolute atomic E-state index is 11.9. The van der Waals surface area contributed by atoms with Gasteiger partial charge < -0.3 is 5.32 Å². The van der Waals surface area contributed by atoms with E-state index in [4.69, 9.17) is 0 Å². The Hall–Kier alpha value is -1.69. The molecule has 124 valence electrons. The van der Waals surface area contributed by atoms with Crippen molar-refractivity contribution in [3.05, 3.63) is 36.0 Å².